The zero-order chi connectivity index (χ0) is 55.3. The Hall–Kier alpha value is -1.76. The summed E-state index contributed by atoms with van der Waals surface area (Å²) in [6.07, 6.45) is 35.1. The zero-order valence-corrected chi connectivity index (χ0v) is 48.0. The summed E-state index contributed by atoms with van der Waals surface area (Å²) in [6, 6.07) is 0. The topological polar surface area (TPSA) is 231 Å². The number of rotatable bonds is 51. The fourth-order valence-electron chi connectivity index (χ4n) is 10.2. The van der Waals surface area contributed by atoms with Crippen molar-refractivity contribution in [1.82, 2.24) is 0 Å². The van der Waals surface area contributed by atoms with Gasteiger partial charge in [0.15, 0.2) is 18.7 Å². The number of hydrogen-bond acceptors (Lipinski definition) is 15. The highest BCUT2D eigenvalue weighted by atomic mass is 16.7. The summed E-state index contributed by atoms with van der Waals surface area (Å²) in [5, 5.41) is 72.4. The molecule has 0 aliphatic carbocycles. The van der Waals surface area contributed by atoms with Gasteiger partial charge in [0.25, 0.3) is 0 Å². The third-order valence-electron chi connectivity index (χ3n) is 15.2. The molecule has 0 aromatic heterocycles. The van der Waals surface area contributed by atoms with Crippen LogP contribution in [-0.4, -0.2) is 142 Å². The predicted octanol–water partition coefficient (Wildman–Crippen LogP) is 11.3. The molecule has 0 aromatic rings. The smallest absolute Gasteiger partial charge is 0.306 e. The minimum Gasteiger partial charge on any atom is -0.462 e. The second-order valence-corrected chi connectivity index (χ2v) is 22.2. The van der Waals surface area contributed by atoms with E-state index in [2.05, 4.69) is 26.0 Å². The average Bonchev–Trinajstić information content (AvgIpc) is 3.42. The van der Waals surface area contributed by atoms with E-state index in [0.717, 1.165) is 38.5 Å². The standard InChI is InChI=1S/C61H114O15/c1-3-5-7-9-11-13-15-17-19-21-23-24-26-28-30-32-34-36-38-40-42-44-53(64)74-49(46-71-52(63)43-41-39-37-35-33-31-29-27-25-22-20-18-16-14-12-10-8-6-4-2)47-72-60-59(70)57(68)55(66)51(76-60)48-73-61-58(69)56(67)54(65)50(45-62)75-61/h18,20,49-51,54-62,65-70H,3-17,19,21-48H2,1-2H3/b20-18+/t49-,50+,51+,54-,55-,56?,57?,58?,59?,60+,61+/m1/s1. The van der Waals surface area contributed by atoms with Crippen LogP contribution in [0.15, 0.2) is 12.2 Å². The molecule has 0 saturated carbocycles. The van der Waals surface area contributed by atoms with E-state index >= 15 is 0 Å². The maximum absolute atomic E-state index is 13.1. The number of unbranched alkanes of at least 4 members (excludes halogenated alkanes) is 35. The molecule has 15 nitrogen and oxygen atoms in total. The lowest BCUT2D eigenvalue weighted by Crippen LogP contribution is -2.61. The number of aliphatic hydroxyl groups is 7. The lowest BCUT2D eigenvalue weighted by Gasteiger charge is -2.42. The Labute approximate surface area is 460 Å². The number of esters is 2. The van der Waals surface area contributed by atoms with E-state index in [4.69, 9.17) is 28.4 Å². The summed E-state index contributed by atoms with van der Waals surface area (Å²) >= 11 is 0. The van der Waals surface area contributed by atoms with E-state index < -0.39 is 92.7 Å². The number of aliphatic hydroxyl groups excluding tert-OH is 7. The number of ether oxygens (including phenoxy) is 6. The highest BCUT2D eigenvalue weighted by Gasteiger charge is 2.47. The van der Waals surface area contributed by atoms with Gasteiger partial charge in [-0.15, -0.1) is 0 Å². The molecule has 4 unspecified atom stereocenters. The number of carbonyl (C=O) groups excluding carboxylic acids is 2. The first kappa shape index (κ1) is 70.3. The Bertz CT molecular complexity index is 1370. The van der Waals surface area contributed by atoms with Gasteiger partial charge >= 0.3 is 11.9 Å². The van der Waals surface area contributed by atoms with Crippen molar-refractivity contribution in [3.05, 3.63) is 12.2 Å². The second-order valence-electron chi connectivity index (χ2n) is 22.2. The summed E-state index contributed by atoms with van der Waals surface area (Å²) in [7, 11) is 0. The average molecular weight is 1090 g/mol. The molecular formula is C61H114O15. The summed E-state index contributed by atoms with van der Waals surface area (Å²) < 4.78 is 33.8. The molecule has 7 N–H and O–H groups in total. The monoisotopic (exact) mass is 1090 g/mol. The first-order valence-electron chi connectivity index (χ1n) is 31.3. The van der Waals surface area contributed by atoms with Crippen LogP contribution in [0.4, 0.5) is 0 Å². The van der Waals surface area contributed by atoms with Gasteiger partial charge < -0.3 is 64.2 Å². The Kier molecular flexibility index (Phi) is 44.4. The van der Waals surface area contributed by atoms with Crippen molar-refractivity contribution in [2.75, 3.05) is 26.4 Å². The Morgan fingerprint density at radius 2 is 0.750 bits per heavy atom. The van der Waals surface area contributed by atoms with Crippen LogP contribution in [0.2, 0.25) is 0 Å². The number of hydrogen-bond donors (Lipinski definition) is 7. The van der Waals surface area contributed by atoms with Crippen LogP contribution in [0.1, 0.15) is 271 Å². The van der Waals surface area contributed by atoms with Gasteiger partial charge in [-0.25, -0.2) is 0 Å². The Morgan fingerprint density at radius 1 is 0.408 bits per heavy atom. The summed E-state index contributed by atoms with van der Waals surface area (Å²) in [4.78, 5) is 26.0. The molecule has 0 radical (unpaired) electrons. The fourth-order valence-corrected chi connectivity index (χ4v) is 10.2. The molecule has 2 rings (SSSR count). The van der Waals surface area contributed by atoms with Crippen LogP contribution in [0, 0.1) is 0 Å². The van der Waals surface area contributed by atoms with Gasteiger partial charge in [0, 0.05) is 12.8 Å². The van der Waals surface area contributed by atoms with Crippen LogP contribution in [0.5, 0.6) is 0 Å². The van der Waals surface area contributed by atoms with Crippen LogP contribution < -0.4 is 0 Å². The van der Waals surface area contributed by atoms with E-state index in [1.54, 1.807) is 0 Å². The number of allylic oxidation sites excluding steroid dienone is 2. The lowest BCUT2D eigenvalue weighted by molar-refractivity contribution is -0.332. The molecule has 2 aliphatic rings. The first-order valence-corrected chi connectivity index (χ1v) is 31.3. The molecule has 11 atom stereocenters. The molecule has 76 heavy (non-hydrogen) atoms. The van der Waals surface area contributed by atoms with Crippen molar-refractivity contribution < 1.29 is 73.8 Å². The van der Waals surface area contributed by atoms with Crippen LogP contribution in [0.3, 0.4) is 0 Å². The quantitative estimate of drug-likeness (QED) is 0.0171. The van der Waals surface area contributed by atoms with Gasteiger partial charge in [0.05, 0.1) is 19.8 Å². The second kappa shape index (κ2) is 48.0. The van der Waals surface area contributed by atoms with Crippen molar-refractivity contribution in [1.29, 1.82) is 0 Å². The highest BCUT2D eigenvalue weighted by Crippen LogP contribution is 2.27. The van der Waals surface area contributed by atoms with E-state index in [9.17, 15) is 45.3 Å². The largest absolute Gasteiger partial charge is 0.462 e. The lowest BCUT2D eigenvalue weighted by atomic mass is 9.98. The molecule has 2 aliphatic heterocycles. The Balaban J connectivity index is 1.72. The maximum Gasteiger partial charge on any atom is 0.306 e. The summed E-state index contributed by atoms with van der Waals surface area (Å²) in [6.45, 7) is 2.65. The van der Waals surface area contributed by atoms with E-state index in [1.165, 1.54) is 193 Å². The molecule has 0 bridgehead atoms. The predicted molar refractivity (Wildman–Crippen MR) is 298 cm³/mol. The van der Waals surface area contributed by atoms with Crippen LogP contribution in [0.25, 0.3) is 0 Å². The van der Waals surface area contributed by atoms with E-state index in [0.29, 0.717) is 12.8 Å². The van der Waals surface area contributed by atoms with Gasteiger partial charge in [0.1, 0.15) is 55.4 Å². The van der Waals surface area contributed by atoms with Crippen molar-refractivity contribution in [3.8, 4) is 0 Å². The van der Waals surface area contributed by atoms with Gasteiger partial charge in [-0.1, -0.05) is 231 Å². The molecular weight excluding hydrogens is 973 g/mol. The Morgan fingerprint density at radius 3 is 1.16 bits per heavy atom. The third kappa shape index (κ3) is 34.4. The molecule has 15 heteroatoms. The van der Waals surface area contributed by atoms with Crippen molar-refractivity contribution in [2.24, 2.45) is 0 Å². The van der Waals surface area contributed by atoms with E-state index in [1.807, 2.05) is 0 Å². The highest BCUT2D eigenvalue weighted by molar-refractivity contribution is 5.70. The van der Waals surface area contributed by atoms with Gasteiger partial charge in [-0.3, -0.25) is 9.59 Å². The molecule has 448 valence electrons. The maximum atomic E-state index is 13.1. The fraction of sp³-hybridized carbons (Fsp3) is 0.934. The minimum absolute atomic E-state index is 0.172. The van der Waals surface area contributed by atoms with Gasteiger partial charge in [-0.05, 0) is 38.5 Å². The molecule has 0 spiro atoms. The third-order valence-corrected chi connectivity index (χ3v) is 15.2. The van der Waals surface area contributed by atoms with Gasteiger partial charge in [0.2, 0.25) is 0 Å². The number of carbonyl (C=O) groups is 2. The van der Waals surface area contributed by atoms with Crippen molar-refractivity contribution >= 4 is 11.9 Å². The van der Waals surface area contributed by atoms with Crippen molar-refractivity contribution in [2.45, 2.75) is 338 Å². The zero-order valence-electron chi connectivity index (χ0n) is 48.0. The minimum atomic E-state index is -1.76. The van der Waals surface area contributed by atoms with Crippen molar-refractivity contribution in [3.63, 3.8) is 0 Å². The molecule has 2 fully saturated rings. The molecule has 0 amide bonds. The first-order chi connectivity index (χ1) is 37.0. The van der Waals surface area contributed by atoms with Gasteiger partial charge in [-0.2, -0.15) is 0 Å². The molecule has 2 heterocycles. The molecule has 2 saturated heterocycles. The van der Waals surface area contributed by atoms with Crippen LogP contribution >= 0.6 is 0 Å². The SMILES string of the molecule is CCCCCCCC/C=C/CCCCCCCCCCCC(=O)OC[C@H](CO[C@H]1O[C@@H](CO[C@H]2O[C@@H](CO)[C@@H](O)C(O)C2O)[C@@H](O)C(O)C1O)OC(=O)CCCCCCCCCCCCCCCCCCCCCCC. The van der Waals surface area contributed by atoms with E-state index in [-0.39, 0.29) is 26.1 Å². The normalized spacial score (nSPS) is 24.3. The summed E-state index contributed by atoms with van der Waals surface area (Å²) in [5.41, 5.74) is 0. The summed E-state index contributed by atoms with van der Waals surface area (Å²) in [5.74, 6) is -0.909. The van der Waals surface area contributed by atoms with Crippen LogP contribution in [-0.2, 0) is 38.0 Å². The molecule has 0 aromatic carbocycles.